The van der Waals surface area contributed by atoms with Crippen LogP contribution in [0.15, 0.2) is 46.4 Å². The lowest BCUT2D eigenvalue weighted by molar-refractivity contribution is -0.145. The maximum absolute atomic E-state index is 12.5. The molecular weight excluding hydrogens is 563 g/mol. The normalized spacial score (nSPS) is 10.8. The van der Waals surface area contributed by atoms with E-state index in [0.29, 0.717) is 25.0 Å². The Morgan fingerprint density at radius 2 is 1.93 bits per heavy atom. The van der Waals surface area contributed by atoms with E-state index in [0.717, 1.165) is 12.0 Å². The number of carbonyl (C=O) groups is 2. The number of ether oxygens (including phenoxy) is 2. The highest BCUT2D eigenvalue weighted by atomic mass is 127. The number of rotatable bonds is 8. The molecule has 2 aromatic carbocycles. The molecule has 30 heavy (non-hydrogen) atoms. The van der Waals surface area contributed by atoms with Crippen molar-refractivity contribution in [3.05, 3.63) is 61.1 Å². The quantitative estimate of drug-likeness (QED) is 0.202. The van der Waals surface area contributed by atoms with Crippen molar-refractivity contribution in [2.75, 3.05) is 18.5 Å². The van der Waals surface area contributed by atoms with Crippen LogP contribution in [0.2, 0.25) is 0 Å². The average Bonchev–Trinajstić information content (AvgIpc) is 2.72. The first-order chi connectivity index (χ1) is 14.4. The molecule has 0 bridgehead atoms. The Morgan fingerprint density at radius 3 is 2.50 bits per heavy atom. The number of esters is 1. The monoisotopic (exact) mass is 582 g/mol. The van der Waals surface area contributed by atoms with Gasteiger partial charge in [-0.1, -0.05) is 19.1 Å². The van der Waals surface area contributed by atoms with Gasteiger partial charge in [-0.25, -0.2) is 4.79 Å². The Kier molecular flexibility index (Phi) is 9.33. The predicted octanol–water partition coefficient (Wildman–Crippen LogP) is 5.10. The molecular formula is C22H20BrIN2O4. The Morgan fingerprint density at radius 1 is 1.23 bits per heavy atom. The van der Waals surface area contributed by atoms with Gasteiger partial charge in [0.05, 0.1) is 14.6 Å². The second-order valence-electron chi connectivity index (χ2n) is 6.08. The maximum atomic E-state index is 12.5. The van der Waals surface area contributed by atoms with Gasteiger partial charge in [0.15, 0.2) is 6.61 Å². The number of nitrogens with one attached hydrogen (secondary N) is 1. The van der Waals surface area contributed by atoms with E-state index in [-0.39, 0.29) is 18.8 Å². The van der Waals surface area contributed by atoms with Gasteiger partial charge in [0.25, 0.3) is 5.91 Å². The fourth-order valence-electron chi connectivity index (χ4n) is 2.47. The number of nitriles is 1. The zero-order valence-electron chi connectivity index (χ0n) is 16.5. The van der Waals surface area contributed by atoms with Crippen LogP contribution < -0.4 is 10.1 Å². The topological polar surface area (TPSA) is 88.4 Å². The summed E-state index contributed by atoms with van der Waals surface area (Å²) in [5, 5.41) is 12.2. The number of hydrogen-bond donors (Lipinski definition) is 1. The summed E-state index contributed by atoms with van der Waals surface area (Å²) in [6.07, 6.45) is 2.41. The first-order valence-corrected chi connectivity index (χ1v) is 11.0. The third-order valence-electron chi connectivity index (χ3n) is 3.96. The summed E-state index contributed by atoms with van der Waals surface area (Å²) in [6.45, 7) is 3.85. The standard InChI is InChI=1S/C22H20BrIN2O4/c1-3-14-5-7-17(8-6-14)26-22(28)16(12-25)9-15-10-18(23)21(19(24)11-15)30-13-20(27)29-4-2/h5-11H,3-4,13H2,1-2H3,(H,26,28)/b16-9+. The van der Waals surface area contributed by atoms with Crippen molar-refractivity contribution in [1.82, 2.24) is 0 Å². The van der Waals surface area contributed by atoms with Gasteiger partial charge < -0.3 is 14.8 Å². The van der Waals surface area contributed by atoms with Crippen LogP contribution in [0.5, 0.6) is 5.75 Å². The van der Waals surface area contributed by atoms with Crippen molar-refractivity contribution < 1.29 is 19.1 Å². The van der Waals surface area contributed by atoms with Gasteiger partial charge in [-0.15, -0.1) is 0 Å². The average molecular weight is 583 g/mol. The molecule has 0 heterocycles. The maximum Gasteiger partial charge on any atom is 0.344 e. The van der Waals surface area contributed by atoms with Gasteiger partial charge in [0, 0.05) is 5.69 Å². The summed E-state index contributed by atoms with van der Waals surface area (Å²) in [7, 11) is 0. The van der Waals surface area contributed by atoms with E-state index in [1.165, 1.54) is 6.08 Å². The van der Waals surface area contributed by atoms with Gasteiger partial charge >= 0.3 is 5.97 Å². The smallest absolute Gasteiger partial charge is 0.344 e. The molecule has 0 aromatic heterocycles. The number of hydrogen-bond acceptors (Lipinski definition) is 5. The Labute approximate surface area is 197 Å². The van der Waals surface area contributed by atoms with Crippen molar-refractivity contribution in [3.63, 3.8) is 0 Å². The molecule has 0 aliphatic heterocycles. The highest BCUT2D eigenvalue weighted by Gasteiger charge is 2.14. The van der Waals surface area contributed by atoms with Gasteiger partial charge in [-0.2, -0.15) is 5.26 Å². The molecule has 0 saturated carbocycles. The fraction of sp³-hybridized carbons (Fsp3) is 0.227. The molecule has 6 nitrogen and oxygen atoms in total. The summed E-state index contributed by atoms with van der Waals surface area (Å²) in [5.74, 6) is -0.463. The molecule has 0 spiro atoms. The summed E-state index contributed by atoms with van der Waals surface area (Å²) in [4.78, 5) is 24.0. The molecule has 1 N–H and O–H groups in total. The molecule has 0 fully saturated rings. The van der Waals surface area contributed by atoms with E-state index in [4.69, 9.17) is 9.47 Å². The Hall–Kier alpha value is -2.38. The molecule has 0 aliphatic carbocycles. The molecule has 2 rings (SSSR count). The minimum absolute atomic E-state index is 0.0301. The second kappa shape index (κ2) is 11.7. The largest absolute Gasteiger partial charge is 0.480 e. The predicted molar refractivity (Wildman–Crippen MR) is 127 cm³/mol. The summed E-state index contributed by atoms with van der Waals surface area (Å²) in [5.41, 5.74) is 2.39. The number of benzene rings is 2. The summed E-state index contributed by atoms with van der Waals surface area (Å²) < 4.78 is 11.7. The van der Waals surface area contributed by atoms with E-state index < -0.39 is 11.9 Å². The van der Waals surface area contributed by atoms with Crippen molar-refractivity contribution in [1.29, 1.82) is 5.26 Å². The Balaban J connectivity index is 2.17. The van der Waals surface area contributed by atoms with Crippen LogP contribution in [0.4, 0.5) is 5.69 Å². The van der Waals surface area contributed by atoms with Gasteiger partial charge in [-0.3, -0.25) is 4.79 Å². The second-order valence-corrected chi connectivity index (χ2v) is 8.10. The van der Waals surface area contributed by atoms with Crippen LogP contribution >= 0.6 is 38.5 Å². The number of anilines is 1. The molecule has 2 aromatic rings. The molecule has 0 aliphatic rings. The Bertz CT molecular complexity index is 974. The van der Waals surface area contributed by atoms with Crippen molar-refractivity contribution in [3.8, 4) is 11.8 Å². The zero-order valence-corrected chi connectivity index (χ0v) is 20.2. The number of carbonyl (C=O) groups excluding carboxylic acids is 2. The van der Waals surface area contributed by atoms with E-state index in [1.807, 2.05) is 18.2 Å². The van der Waals surface area contributed by atoms with Crippen LogP contribution in [0.25, 0.3) is 6.08 Å². The van der Waals surface area contributed by atoms with Crippen LogP contribution in [0.3, 0.4) is 0 Å². The van der Waals surface area contributed by atoms with E-state index in [1.54, 1.807) is 31.2 Å². The van der Waals surface area contributed by atoms with E-state index in [9.17, 15) is 14.9 Å². The molecule has 0 radical (unpaired) electrons. The molecule has 8 heteroatoms. The minimum Gasteiger partial charge on any atom is -0.480 e. The van der Waals surface area contributed by atoms with Crippen LogP contribution in [-0.2, 0) is 20.7 Å². The van der Waals surface area contributed by atoms with Crippen LogP contribution in [0, 0.1) is 14.9 Å². The molecule has 156 valence electrons. The molecule has 0 saturated heterocycles. The number of amides is 1. The lowest BCUT2D eigenvalue weighted by Crippen LogP contribution is -2.15. The highest BCUT2D eigenvalue weighted by Crippen LogP contribution is 2.32. The van der Waals surface area contributed by atoms with E-state index >= 15 is 0 Å². The molecule has 1 amide bonds. The number of nitrogens with zero attached hydrogens (tertiary/aromatic N) is 1. The van der Waals surface area contributed by atoms with Crippen molar-refractivity contribution in [2.24, 2.45) is 0 Å². The summed E-state index contributed by atoms with van der Waals surface area (Å²) in [6, 6.07) is 12.9. The highest BCUT2D eigenvalue weighted by molar-refractivity contribution is 14.1. The number of aryl methyl sites for hydroxylation is 1. The van der Waals surface area contributed by atoms with Crippen molar-refractivity contribution >= 4 is 62.2 Å². The third kappa shape index (κ3) is 6.85. The van der Waals surface area contributed by atoms with Crippen LogP contribution in [-0.4, -0.2) is 25.1 Å². The number of halogens is 2. The van der Waals surface area contributed by atoms with Crippen molar-refractivity contribution in [2.45, 2.75) is 20.3 Å². The van der Waals surface area contributed by atoms with Gasteiger partial charge in [-0.05, 0) is 93.3 Å². The SMILES string of the molecule is CCOC(=O)COc1c(Br)cc(/C=C(\C#N)C(=O)Nc2ccc(CC)cc2)cc1I. The fourth-order valence-corrected chi connectivity index (χ4v) is 4.24. The molecule has 0 unspecified atom stereocenters. The van der Waals surface area contributed by atoms with Gasteiger partial charge in [0.1, 0.15) is 17.4 Å². The zero-order chi connectivity index (χ0) is 22.1. The van der Waals surface area contributed by atoms with E-state index in [2.05, 4.69) is 50.8 Å². The minimum atomic E-state index is -0.490. The molecule has 0 atom stereocenters. The lowest BCUT2D eigenvalue weighted by Gasteiger charge is -2.11. The first kappa shape index (κ1) is 23.9. The third-order valence-corrected chi connectivity index (χ3v) is 5.35. The first-order valence-electron chi connectivity index (χ1n) is 9.17. The van der Waals surface area contributed by atoms with Crippen LogP contribution in [0.1, 0.15) is 25.0 Å². The summed E-state index contributed by atoms with van der Waals surface area (Å²) >= 11 is 5.47. The lowest BCUT2D eigenvalue weighted by atomic mass is 10.1. The van der Waals surface area contributed by atoms with Gasteiger partial charge in [0.2, 0.25) is 0 Å².